The number of piperidine rings is 2. The van der Waals surface area contributed by atoms with Gasteiger partial charge in [0.05, 0.1) is 5.92 Å². The second-order valence-corrected chi connectivity index (χ2v) is 6.78. The molecule has 2 fully saturated rings. The van der Waals surface area contributed by atoms with Gasteiger partial charge in [-0.25, -0.2) is 0 Å². The predicted octanol–water partition coefficient (Wildman–Crippen LogP) is 1.91. The van der Waals surface area contributed by atoms with Gasteiger partial charge in [0.15, 0.2) is 0 Å². The Morgan fingerprint density at radius 1 is 1.09 bits per heavy atom. The lowest BCUT2D eigenvalue weighted by Gasteiger charge is -2.37. The number of nitrogens with zero attached hydrogens (tertiary/aromatic N) is 2. The molecule has 0 radical (unpaired) electrons. The third-order valence-electron chi connectivity index (χ3n) is 4.96. The van der Waals surface area contributed by atoms with E-state index in [0.717, 1.165) is 57.7 Å². The molecule has 2 saturated heterocycles. The van der Waals surface area contributed by atoms with Gasteiger partial charge in [-0.2, -0.15) is 0 Å². The van der Waals surface area contributed by atoms with Crippen LogP contribution in [0.5, 0.6) is 0 Å². The fourth-order valence-electron chi connectivity index (χ4n) is 3.42. The second-order valence-electron chi connectivity index (χ2n) is 6.78. The number of ether oxygens (including phenoxy) is 1. The van der Waals surface area contributed by atoms with Crippen molar-refractivity contribution in [3.05, 3.63) is 0 Å². The van der Waals surface area contributed by atoms with E-state index in [1.54, 1.807) is 7.11 Å². The molecule has 0 saturated carbocycles. The number of rotatable bonds is 5. The predicted molar refractivity (Wildman–Crippen MR) is 85.4 cm³/mol. The molecule has 1 atom stereocenters. The minimum Gasteiger partial charge on any atom is -0.385 e. The molecule has 5 heteroatoms. The summed E-state index contributed by atoms with van der Waals surface area (Å²) in [5.74, 6) is 1.17. The Morgan fingerprint density at radius 2 is 1.82 bits per heavy atom. The number of carbonyl (C=O) groups excluding carboxylic acids is 2. The summed E-state index contributed by atoms with van der Waals surface area (Å²) in [4.78, 5) is 28.8. The number of hydrogen-bond acceptors (Lipinski definition) is 3. The Kier molecular flexibility index (Phi) is 6.68. The van der Waals surface area contributed by atoms with E-state index in [2.05, 4.69) is 6.92 Å². The quantitative estimate of drug-likeness (QED) is 0.729. The summed E-state index contributed by atoms with van der Waals surface area (Å²) in [7, 11) is 1.65. The summed E-state index contributed by atoms with van der Waals surface area (Å²) in [6.07, 6.45) is 5.37. The number of likely N-dealkylation sites (tertiary alicyclic amines) is 2. The first-order chi connectivity index (χ1) is 10.6. The van der Waals surface area contributed by atoms with E-state index in [9.17, 15) is 9.59 Å². The van der Waals surface area contributed by atoms with Gasteiger partial charge in [-0.3, -0.25) is 9.59 Å². The smallest absolute Gasteiger partial charge is 0.227 e. The molecule has 0 aromatic rings. The molecule has 2 aliphatic rings. The van der Waals surface area contributed by atoms with Crippen molar-refractivity contribution in [3.63, 3.8) is 0 Å². The van der Waals surface area contributed by atoms with Gasteiger partial charge in [0.25, 0.3) is 0 Å². The molecule has 0 bridgehead atoms. The van der Waals surface area contributed by atoms with Crippen LogP contribution < -0.4 is 0 Å². The van der Waals surface area contributed by atoms with Gasteiger partial charge < -0.3 is 14.5 Å². The largest absolute Gasteiger partial charge is 0.385 e. The van der Waals surface area contributed by atoms with Gasteiger partial charge in [0.2, 0.25) is 11.8 Å². The van der Waals surface area contributed by atoms with E-state index in [0.29, 0.717) is 19.6 Å². The molecule has 0 spiro atoms. The lowest BCUT2D eigenvalue weighted by atomic mass is 9.93. The van der Waals surface area contributed by atoms with Crippen molar-refractivity contribution in [2.24, 2.45) is 11.8 Å². The van der Waals surface area contributed by atoms with E-state index in [4.69, 9.17) is 4.74 Å². The van der Waals surface area contributed by atoms with Crippen molar-refractivity contribution in [1.29, 1.82) is 0 Å². The van der Waals surface area contributed by atoms with Gasteiger partial charge in [0.1, 0.15) is 0 Å². The molecule has 2 aliphatic heterocycles. The third-order valence-corrected chi connectivity index (χ3v) is 4.96. The zero-order valence-corrected chi connectivity index (χ0v) is 14.1. The van der Waals surface area contributed by atoms with Crippen LogP contribution in [0.15, 0.2) is 0 Å². The van der Waals surface area contributed by atoms with Gasteiger partial charge in [-0.05, 0) is 38.0 Å². The first-order valence-corrected chi connectivity index (χ1v) is 8.67. The third kappa shape index (κ3) is 4.70. The summed E-state index contributed by atoms with van der Waals surface area (Å²) in [6, 6.07) is 0. The monoisotopic (exact) mass is 310 g/mol. The summed E-state index contributed by atoms with van der Waals surface area (Å²) in [5.41, 5.74) is 0. The molecule has 5 nitrogen and oxygen atoms in total. The Morgan fingerprint density at radius 3 is 2.50 bits per heavy atom. The van der Waals surface area contributed by atoms with Crippen LogP contribution in [-0.2, 0) is 14.3 Å². The number of methoxy groups -OCH3 is 1. The number of amides is 2. The highest BCUT2D eigenvalue weighted by Crippen LogP contribution is 2.23. The van der Waals surface area contributed by atoms with E-state index < -0.39 is 0 Å². The molecule has 0 aromatic carbocycles. The lowest BCUT2D eigenvalue weighted by Crippen LogP contribution is -2.48. The highest BCUT2D eigenvalue weighted by molar-refractivity contribution is 5.81. The van der Waals surface area contributed by atoms with Crippen molar-refractivity contribution < 1.29 is 14.3 Å². The highest BCUT2D eigenvalue weighted by atomic mass is 16.5. The molecule has 0 aliphatic carbocycles. The standard InChI is InChI=1S/C17H30N2O3/c1-14-7-10-18(11-8-14)17(21)15-5-3-9-19(13-15)16(20)6-4-12-22-2/h14-15H,3-13H2,1-2H3/t15-/m1/s1. The molecule has 22 heavy (non-hydrogen) atoms. The average molecular weight is 310 g/mol. The Bertz CT molecular complexity index is 378. The molecular weight excluding hydrogens is 280 g/mol. The zero-order valence-electron chi connectivity index (χ0n) is 14.1. The summed E-state index contributed by atoms with van der Waals surface area (Å²) < 4.78 is 5.00. The van der Waals surface area contributed by atoms with Crippen LogP contribution in [-0.4, -0.2) is 61.5 Å². The first-order valence-electron chi connectivity index (χ1n) is 8.67. The van der Waals surface area contributed by atoms with E-state index >= 15 is 0 Å². The Labute approximate surface area is 134 Å². The molecule has 0 unspecified atom stereocenters. The Balaban J connectivity index is 1.82. The van der Waals surface area contributed by atoms with Crippen molar-refractivity contribution >= 4 is 11.8 Å². The van der Waals surface area contributed by atoms with Gasteiger partial charge in [0, 0.05) is 46.3 Å². The van der Waals surface area contributed by atoms with Crippen LogP contribution in [0, 0.1) is 11.8 Å². The fourth-order valence-corrected chi connectivity index (χ4v) is 3.42. The molecule has 0 aromatic heterocycles. The maximum atomic E-state index is 12.7. The van der Waals surface area contributed by atoms with Gasteiger partial charge in [-0.15, -0.1) is 0 Å². The van der Waals surface area contributed by atoms with Gasteiger partial charge in [-0.1, -0.05) is 6.92 Å². The first kappa shape index (κ1) is 17.3. The SMILES string of the molecule is COCCCC(=O)N1CCC[C@@H](C(=O)N2CCC(C)CC2)C1. The highest BCUT2D eigenvalue weighted by Gasteiger charge is 2.32. The van der Waals surface area contributed by atoms with Crippen LogP contribution in [0.25, 0.3) is 0 Å². The fraction of sp³-hybridized carbons (Fsp3) is 0.882. The molecule has 0 N–H and O–H groups in total. The van der Waals surface area contributed by atoms with Crippen molar-refractivity contribution in [2.45, 2.75) is 45.4 Å². The minimum atomic E-state index is 0.00790. The van der Waals surface area contributed by atoms with Crippen LogP contribution in [0.2, 0.25) is 0 Å². The van der Waals surface area contributed by atoms with E-state index in [1.807, 2.05) is 9.80 Å². The summed E-state index contributed by atoms with van der Waals surface area (Å²) in [5, 5.41) is 0. The average Bonchev–Trinajstić information content (AvgIpc) is 2.55. The van der Waals surface area contributed by atoms with Crippen molar-refractivity contribution in [2.75, 3.05) is 39.9 Å². The van der Waals surface area contributed by atoms with Crippen LogP contribution >= 0.6 is 0 Å². The van der Waals surface area contributed by atoms with Crippen LogP contribution in [0.4, 0.5) is 0 Å². The topological polar surface area (TPSA) is 49.9 Å². The maximum Gasteiger partial charge on any atom is 0.227 e. The molecule has 2 heterocycles. The van der Waals surface area contributed by atoms with Crippen molar-refractivity contribution in [1.82, 2.24) is 9.80 Å². The summed E-state index contributed by atoms with van der Waals surface area (Å²) in [6.45, 7) is 6.05. The lowest BCUT2D eigenvalue weighted by molar-refractivity contribution is -0.142. The molecule has 2 amide bonds. The molecule has 2 rings (SSSR count). The second kappa shape index (κ2) is 8.51. The number of hydrogen-bond donors (Lipinski definition) is 0. The zero-order chi connectivity index (χ0) is 15.9. The van der Waals surface area contributed by atoms with Crippen molar-refractivity contribution in [3.8, 4) is 0 Å². The number of carbonyl (C=O) groups is 2. The molecule has 126 valence electrons. The normalized spacial score (nSPS) is 23.6. The van der Waals surface area contributed by atoms with E-state index in [-0.39, 0.29) is 17.7 Å². The van der Waals surface area contributed by atoms with Crippen LogP contribution in [0.3, 0.4) is 0 Å². The van der Waals surface area contributed by atoms with Gasteiger partial charge >= 0.3 is 0 Å². The molecular formula is C17H30N2O3. The van der Waals surface area contributed by atoms with Crippen LogP contribution in [0.1, 0.15) is 45.4 Å². The summed E-state index contributed by atoms with van der Waals surface area (Å²) >= 11 is 0. The maximum absolute atomic E-state index is 12.7. The van der Waals surface area contributed by atoms with E-state index in [1.165, 1.54) is 0 Å². The Hall–Kier alpha value is -1.10. The minimum absolute atomic E-state index is 0.00790.